The van der Waals surface area contributed by atoms with E-state index in [-0.39, 0.29) is 17.2 Å². The van der Waals surface area contributed by atoms with Gasteiger partial charge >= 0.3 is 0 Å². The summed E-state index contributed by atoms with van der Waals surface area (Å²) in [4.78, 5) is 38.4. The first-order valence-corrected chi connectivity index (χ1v) is 15.3. The third-order valence-corrected chi connectivity index (χ3v) is 9.88. The first-order valence-electron chi connectivity index (χ1n) is 12.3. The molecule has 3 heterocycles. The zero-order chi connectivity index (χ0) is 26.2. The van der Waals surface area contributed by atoms with Gasteiger partial charge in [0.15, 0.2) is 10.3 Å². The van der Waals surface area contributed by atoms with Crippen molar-refractivity contribution < 1.29 is 4.79 Å². The summed E-state index contributed by atoms with van der Waals surface area (Å²) in [6, 6.07) is 15.4. The van der Waals surface area contributed by atoms with Gasteiger partial charge in [0.25, 0.3) is 5.56 Å². The molecule has 1 N–H and O–H groups in total. The number of thiophene rings is 1. The van der Waals surface area contributed by atoms with Crippen molar-refractivity contribution in [1.29, 1.82) is 0 Å². The molecule has 0 spiro atoms. The van der Waals surface area contributed by atoms with Crippen molar-refractivity contribution in [2.45, 2.75) is 37.8 Å². The smallest absolute Gasteiger partial charge is 0.267 e. The predicted molar refractivity (Wildman–Crippen MR) is 159 cm³/mol. The Balaban J connectivity index is 1.32. The maximum atomic E-state index is 14.0. The van der Waals surface area contributed by atoms with Gasteiger partial charge in [-0.1, -0.05) is 59.8 Å². The van der Waals surface area contributed by atoms with Gasteiger partial charge in [0, 0.05) is 20.8 Å². The summed E-state index contributed by atoms with van der Waals surface area (Å²) in [6.45, 7) is 1.89. The lowest BCUT2D eigenvalue weighted by molar-refractivity contribution is -0.113. The maximum Gasteiger partial charge on any atom is 0.267 e. The highest BCUT2D eigenvalue weighted by molar-refractivity contribution is 7.99. The number of rotatable bonds is 6. The number of hydrogen-bond donors (Lipinski definition) is 1. The van der Waals surface area contributed by atoms with E-state index >= 15 is 0 Å². The van der Waals surface area contributed by atoms with Crippen LogP contribution < -0.4 is 10.9 Å². The Morgan fingerprint density at radius 1 is 1.11 bits per heavy atom. The van der Waals surface area contributed by atoms with Crippen molar-refractivity contribution >= 4 is 67.3 Å². The number of thiazole rings is 1. The molecule has 1 aliphatic carbocycles. The number of nitrogens with zero attached hydrogens (tertiary/aromatic N) is 3. The van der Waals surface area contributed by atoms with Crippen LogP contribution in [0, 0.1) is 6.92 Å². The zero-order valence-electron chi connectivity index (χ0n) is 20.5. The van der Waals surface area contributed by atoms with Gasteiger partial charge in [-0.05, 0) is 55.9 Å². The van der Waals surface area contributed by atoms with Crippen molar-refractivity contribution in [2.75, 3.05) is 11.1 Å². The van der Waals surface area contributed by atoms with E-state index in [1.807, 2.05) is 60.8 Å². The first kappa shape index (κ1) is 25.3. The van der Waals surface area contributed by atoms with Gasteiger partial charge < -0.3 is 5.32 Å². The van der Waals surface area contributed by atoms with Crippen molar-refractivity contribution in [3.8, 4) is 16.9 Å². The lowest BCUT2D eigenvalue weighted by Gasteiger charge is -2.15. The number of fused-ring (bicyclic) bond motifs is 3. The molecule has 3 aromatic heterocycles. The summed E-state index contributed by atoms with van der Waals surface area (Å²) < 4.78 is 1.62. The molecule has 1 amide bonds. The second-order valence-corrected chi connectivity index (χ2v) is 12.3. The molecule has 192 valence electrons. The molecular weight excluding hydrogens is 556 g/mol. The third-order valence-electron chi connectivity index (χ3n) is 6.59. The Morgan fingerprint density at radius 3 is 2.76 bits per heavy atom. The molecule has 0 bridgehead atoms. The number of carbonyl (C=O) groups excluding carboxylic acids is 1. The summed E-state index contributed by atoms with van der Waals surface area (Å²) in [5, 5.41) is 7.10. The minimum absolute atomic E-state index is 0.0862. The van der Waals surface area contributed by atoms with E-state index in [1.54, 1.807) is 15.9 Å². The number of halogens is 1. The Labute approximate surface area is 236 Å². The second kappa shape index (κ2) is 10.6. The normalized spacial score (nSPS) is 13.0. The summed E-state index contributed by atoms with van der Waals surface area (Å²) in [5.41, 5.74) is 4.32. The minimum Gasteiger partial charge on any atom is -0.301 e. The Morgan fingerprint density at radius 2 is 1.92 bits per heavy atom. The molecule has 0 unspecified atom stereocenters. The van der Waals surface area contributed by atoms with Crippen LogP contribution in [0.4, 0.5) is 5.13 Å². The van der Waals surface area contributed by atoms with Gasteiger partial charge in [-0.15, -0.1) is 22.7 Å². The van der Waals surface area contributed by atoms with Gasteiger partial charge in [-0.3, -0.25) is 14.2 Å². The van der Waals surface area contributed by atoms with Crippen molar-refractivity contribution in [3.63, 3.8) is 0 Å². The molecule has 0 saturated heterocycles. The van der Waals surface area contributed by atoms with Crippen LogP contribution >= 0.6 is 46.0 Å². The van der Waals surface area contributed by atoms with Crippen LogP contribution in [-0.4, -0.2) is 26.2 Å². The van der Waals surface area contributed by atoms with Crippen LogP contribution in [0.15, 0.2) is 63.9 Å². The highest BCUT2D eigenvalue weighted by Gasteiger charge is 2.24. The topological polar surface area (TPSA) is 76.9 Å². The van der Waals surface area contributed by atoms with Gasteiger partial charge in [-0.25, -0.2) is 9.97 Å². The summed E-state index contributed by atoms with van der Waals surface area (Å²) in [7, 11) is 0. The largest absolute Gasteiger partial charge is 0.301 e. The third kappa shape index (κ3) is 4.80. The van der Waals surface area contributed by atoms with E-state index in [9.17, 15) is 9.59 Å². The quantitative estimate of drug-likeness (QED) is 0.171. The molecule has 0 saturated carbocycles. The van der Waals surface area contributed by atoms with E-state index in [4.69, 9.17) is 16.6 Å². The number of benzene rings is 2. The van der Waals surface area contributed by atoms with Crippen LogP contribution in [0.2, 0.25) is 5.02 Å². The van der Waals surface area contributed by atoms with Gasteiger partial charge in [0.2, 0.25) is 5.91 Å². The van der Waals surface area contributed by atoms with E-state index in [2.05, 4.69) is 10.3 Å². The Bertz CT molecular complexity index is 1730. The van der Waals surface area contributed by atoms with E-state index in [0.29, 0.717) is 26.4 Å². The van der Waals surface area contributed by atoms with Gasteiger partial charge in [0.1, 0.15) is 4.83 Å². The maximum absolute atomic E-state index is 14.0. The number of aromatic nitrogens is 3. The molecule has 6 nitrogen and oxygen atoms in total. The van der Waals surface area contributed by atoms with Crippen molar-refractivity contribution in [3.05, 3.63) is 85.3 Å². The Hall–Kier alpha value is -2.98. The molecule has 0 aliphatic heterocycles. The fourth-order valence-corrected chi connectivity index (χ4v) is 7.71. The monoisotopic (exact) mass is 578 g/mol. The molecular formula is C28H23ClN4O2S3. The average molecular weight is 579 g/mol. The van der Waals surface area contributed by atoms with Crippen LogP contribution in [0.3, 0.4) is 0 Å². The van der Waals surface area contributed by atoms with E-state index < -0.39 is 0 Å². The van der Waals surface area contributed by atoms with Crippen LogP contribution in [-0.2, 0) is 17.6 Å². The van der Waals surface area contributed by atoms with Crippen LogP contribution in [0.5, 0.6) is 0 Å². The lowest BCUT2D eigenvalue weighted by Crippen LogP contribution is -2.24. The molecule has 0 fully saturated rings. The fraction of sp³-hybridized carbons (Fsp3) is 0.214. The molecule has 10 heteroatoms. The van der Waals surface area contributed by atoms with Crippen LogP contribution in [0.1, 0.15) is 28.8 Å². The molecule has 2 aromatic carbocycles. The lowest BCUT2D eigenvalue weighted by atomic mass is 9.97. The molecule has 6 rings (SSSR count). The number of carbonyl (C=O) groups is 1. The number of nitrogens with one attached hydrogen (secondary N) is 1. The number of amides is 1. The zero-order valence-corrected chi connectivity index (χ0v) is 23.7. The van der Waals surface area contributed by atoms with Gasteiger partial charge in [-0.2, -0.15) is 0 Å². The first-order chi connectivity index (χ1) is 18.5. The number of thioether (sulfide) groups is 1. The van der Waals surface area contributed by atoms with E-state index in [1.165, 1.54) is 28.0 Å². The van der Waals surface area contributed by atoms with Crippen molar-refractivity contribution in [2.24, 2.45) is 0 Å². The van der Waals surface area contributed by atoms with E-state index in [0.717, 1.165) is 52.9 Å². The minimum atomic E-state index is -0.210. The number of anilines is 1. The molecule has 1 aliphatic rings. The summed E-state index contributed by atoms with van der Waals surface area (Å²) in [5.74, 6) is -0.124. The summed E-state index contributed by atoms with van der Waals surface area (Å²) >= 11 is 10.7. The van der Waals surface area contributed by atoms with Gasteiger partial charge in [0.05, 0.1) is 22.5 Å². The Kier molecular flexibility index (Phi) is 7.09. The van der Waals surface area contributed by atoms with Crippen LogP contribution in [0.25, 0.3) is 27.2 Å². The number of aryl methyl sites for hydroxylation is 2. The SMILES string of the molecule is Cc1c(Cl)cccc1-n1c(SCC(=O)Nc2nc(-c3ccccc3)cs2)nc2sc3c(c2c1=O)CCCC3. The highest BCUT2D eigenvalue weighted by Crippen LogP contribution is 2.36. The molecule has 0 radical (unpaired) electrons. The average Bonchev–Trinajstić information content (AvgIpc) is 3.54. The van der Waals surface area contributed by atoms with Crippen molar-refractivity contribution in [1.82, 2.24) is 14.5 Å². The predicted octanol–water partition coefficient (Wildman–Crippen LogP) is 7.14. The molecule has 5 aromatic rings. The fourth-order valence-electron chi connectivity index (χ4n) is 4.69. The molecule has 38 heavy (non-hydrogen) atoms. The molecule has 0 atom stereocenters. The summed E-state index contributed by atoms with van der Waals surface area (Å²) in [6.07, 6.45) is 4.09. The standard InChI is InChI=1S/C28H23ClN4O2S3/c1-16-19(29)11-7-12-21(16)33-26(35)24-18-10-5-6-13-22(18)38-25(24)32-28(33)37-15-23(34)31-27-30-20(14-36-27)17-8-3-2-4-9-17/h2-4,7-9,11-12,14H,5-6,10,13,15H2,1H3,(H,30,31,34). The highest BCUT2D eigenvalue weighted by atomic mass is 35.5. The number of hydrogen-bond acceptors (Lipinski definition) is 7. The second-order valence-electron chi connectivity index (χ2n) is 9.05.